The summed E-state index contributed by atoms with van der Waals surface area (Å²) in [6.45, 7) is 10.8. The first-order valence-corrected chi connectivity index (χ1v) is 5.90. The summed E-state index contributed by atoms with van der Waals surface area (Å²) in [4.78, 5) is 10.7. The monoisotopic (exact) mass is 276 g/mol. The molecule has 0 rings (SSSR count). The molecule has 0 N–H and O–H groups in total. The van der Waals surface area contributed by atoms with Gasteiger partial charge in [-0.15, -0.1) is 0 Å². The number of ether oxygens (including phenoxy) is 5. The number of rotatable bonds is 11. The smallest absolute Gasteiger partial charge is 0.332 e. The predicted octanol–water partition coefficient (Wildman–Crippen LogP) is 1.52. The molecule has 0 aromatic heterocycles. The fourth-order valence-electron chi connectivity index (χ4n) is 0.763. The van der Waals surface area contributed by atoms with E-state index >= 15 is 0 Å². The lowest BCUT2D eigenvalue weighted by Crippen LogP contribution is -2.14. The fraction of sp³-hybridized carbons (Fsp3) is 0.615. The van der Waals surface area contributed by atoms with Crippen LogP contribution in [-0.2, 0) is 28.5 Å². The SMILES string of the molecule is C=COCCOC.C=COCCOCC(=O)OCC. The van der Waals surface area contributed by atoms with E-state index in [1.165, 1.54) is 12.5 Å². The normalized spacial score (nSPS) is 8.74. The Labute approximate surface area is 114 Å². The zero-order chi connectivity index (χ0) is 14.8. The van der Waals surface area contributed by atoms with E-state index < -0.39 is 0 Å². The minimum Gasteiger partial charge on any atom is -0.499 e. The number of hydrogen-bond donors (Lipinski definition) is 0. The Bertz CT molecular complexity index is 217. The summed E-state index contributed by atoms with van der Waals surface area (Å²) in [6.07, 6.45) is 2.73. The molecule has 0 aromatic carbocycles. The number of carbonyl (C=O) groups is 1. The highest BCUT2D eigenvalue weighted by Gasteiger charge is 1.99. The van der Waals surface area contributed by atoms with Gasteiger partial charge in [-0.2, -0.15) is 0 Å². The fourth-order valence-corrected chi connectivity index (χ4v) is 0.763. The third-order valence-electron chi connectivity index (χ3n) is 1.51. The van der Waals surface area contributed by atoms with Gasteiger partial charge in [0.2, 0.25) is 0 Å². The Morgan fingerprint density at radius 1 is 1.05 bits per heavy atom. The van der Waals surface area contributed by atoms with Crippen molar-refractivity contribution in [2.75, 3.05) is 46.8 Å². The van der Waals surface area contributed by atoms with E-state index in [9.17, 15) is 4.79 Å². The zero-order valence-electron chi connectivity index (χ0n) is 11.8. The van der Waals surface area contributed by atoms with Crippen LogP contribution in [0, 0.1) is 0 Å². The molecule has 0 aromatic rings. The van der Waals surface area contributed by atoms with E-state index in [4.69, 9.17) is 14.2 Å². The van der Waals surface area contributed by atoms with Crippen LogP contribution in [0.15, 0.2) is 25.7 Å². The molecule has 0 radical (unpaired) electrons. The molecule has 0 atom stereocenters. The standard InChI is InChI=1S/C8H14O4.C5H10O2/c1-3-10-5-6-11-7-8(9)12-4-2;1-3-7-5-4-6-2/h3H,1,4-7H2,2H3;3H,1,4-5H2,2H3. The maximum Gasteiger partial charge on any atom is 0.332 e. The first kappa shape index (κ1) is 19.8. The third kappa shape index (κ3) is 22.2. The van der Waals surface area contributed by atoms with Crippen LogP contribution in [0.1, 0.15) is 6.92 Å². The maximum atomic E-state index is 10.7. The van der Waals surface area contributed by atoms with Crippen molar-refractivity contribution >= 4 is 5.97 Å². The molecule has 0 spiro atoms. The van der Waals surface area contributed by atoms with Crippen LogP contribution in [0.25, 0.3) is 0 Å². The van der Waals surface area contributed by atoms with Crippen LogP contribution in [-0.4, -0.2) is 52.7 Å². The maximum absolute atomic E-state index is 10.7. The lowest BCUT2D eigenvalue weighted by molar-refractivity contribution is -0.148. The minimum absolute atomic E-state index is 0.0195. The Hall–Kier alpha value is -1.53. The first-order chi connectivity index (χ1) is 9.22. The number of methoxy groups -OCH3 is 1. The summed E-state index contributed by atoms with van der Waals surface area (Å²) in [7, 11) is 1.63. The van der Waals surface area contributed by atoms with E-state index in [1.807, 2.05) is 0 Å². The van der Waals surface area contributed by atoms with Crippen molar-refractivity contribution in [2.45, 2.75) is 6.92 Å². The summed E-state index contributed by atoms with van der Waals surface area (Å²) < 4.78 is 23.7. The van der Waals surface area contributed by atoms with Gasteiger partial charge in [0.25, 0.3) is 0 Å². The van der Waals surface area contributed by atoms with Crippen LogP contribution >= 0.6 is 0 Å². The van der Waals surface area contributed by atoms with Gasteiger partial charge in [0.05, 0.1) is 32.3 Å². The Morgan fingerprint density at radius 3 is 2.11 bits per heavy atom. The lowest BCUT2D eigenvalue weighted by Gasteiger charge is -2.03. The van der Waals surface area contributed by atoms with Crippen LogP contribution in [0.3, 0.4) is 0 Å². The van der Waals surface area contributed by atoms with Gasteiger partial charge >= 0.3 is 5.97 Å². The van der Waals surface area contributed by atoms with Gasteiger partial charge in [0.15, 0.2) is 0 Å². The van der Waals surface area contributed by atoms with Crippen molar-refractivity contribution < 1.29 is 28.5 Å². The van der Waals surface area contributed by atoms with Gasteiger partial charge in [0, 0.05) is 7.11 Å². The predicted molar refractivity (Wildman–Crippen MR) is 71.6 cm³/mol. The average molecular weight is 276 g/mol. The van der Waals surface area contributed by atoms with Crippen LogP contribution < -0.4 is 0 Å². The van der Waals surface area contributed by atoms with Crippen LogP contribution in [0.2, 0.25) is 0 Å². The van der Waals surface area contributed by atoms with Crippen molar-refractivity contribution in [1.29, 1.82) is 0 Å². The lowest BCUT2D eigenvalue weighted by atomic mass is 10.7. The second-order valence-corrected chi connectivity index (χ2v) is 2.93. The van der Waals surface area contributed by atoms with Gasteiger partial charge in [0.1, 0.15) is 19.8 Å². The molecule has 0 fully saturated rings. The van der Waals surface area contributed by atoms with Crippen LogP contribution in [0.5, 0.6) is 0 Å². The van der Waals surface area contributed by atoms with E-state index in [2.05, 4.69) is 22.6 Å². The molecule has 19 heavy (non-hydrogen) atoms. The summed E-state index contributed by atoms with van der Waals surface area (Å²) in [5, 5.41) is 0. The molecule has 0 aliphatic heterocycles. The summed E-state index contributed by atoms with van der Waals surface area (Å²) in [5.41, 5.74) is 0. The molecule has 112 valence electrons. The summed E-state index contributed by atoms with van der Waals surface area (Å²) >= 11 is 0. The number of hydrogen-bond acceptors (Lipinski definition) is 6. The molecule has 0 aliphatic rings. The van der Waals surface area contributed by atoms with E-state index in [1.54, 1.807) is 14.0 Å². The van der Waals surface area contributed by atoms with E-state index in [0.717, 1.165) is 0 Å². The largest absolute Gasteiger partial charge is 0.499 e. The molecule has 0 heterocycles. The van der Waals surface area contributed by atoms with Gasteiger partial charge < -0.3 is 23.7 Å². The molecule has 0 aliphatic carbocycles. The average Bonchev–Trinajstić information content (AvgIpc) is 2.40. The van der Waals surface area contributed by atoms with E-state index in [-0.39, 0.29) is 12.6 Å². The Kier molecular flexibility index (Phi) is 19.6. The summed E-state index contributed by atoms with van der Waals surface area (Å²) in [5.74, 6) is -0.351. The van der Waals surface area contributed by atoms with Crippen molar-refractivity contribution in [3.05, 3.63) is 25.7 Å². The number of carbonyl (C=O) groups excluding carboxylic acids is 1. The molecular weight excluding hydrogens is 252 g/mol. The Morgan fingerprint density at radius 2 is 1.63 bits per heavy atom. The molecule has 0 saturated carbocycles. The highest BCUT2D eigenvalue weighted by molar-refractivity contribution is 5.70. The second-order valence-electron chi connectivity index (χ2n) is 2.93. The number of esters is 1. The van der Waals surface area contributed by atoms with Crippen LogP contribution in [0.4, 0.5) is 0 Å². The first-order valence-electron chi connectivity index (χ1n) is 5.90. The zero-order valence-corrected chi connectivity index (χ0v) is 11.8. The van der Waals surface area contributed by atoms with Crippen molar-refractivity contribution in [2.24, 2.45) is 0 Å². The van der Waals surface area contributed by atoms with Gasteiger partial charge in [-0.05, 0) is 6.92 Å². The topological polar surface area (TPSA) is 63.2 Å². The quantitative estimate of drug-likeness (QED) is 0.324. The third-order valence-corrected chi connectivity index (χ3v) is 1.51. The minimum atomic E-state index is -0.351. The van der Waals surface area contributed by atoms with Crippen molar-refractivity contribution in [1.82, 2.24) is 0 Å². The summed E-state index contributed by atoms with van der Waals surface area (Å²) in [6, 6.07) is 0. The molecule has 0 unspecified atom stereocenters. The molecule has 6 heteroatoms. The van der Waals surface area contributed by atoms with E-state index in [0.29, 0.717) is 33.0 Å². The van der Waals surface area contributed by atoms with Crippen molar-refractivity contribution in [3.63, 3.8) is 0 Å². The molecule has 0 amide bonds. The Balaban J connectivity index is 0. The van der Waals surface area contributed by atoms with Gasteiger partial charge in [-0.1, -0.05) is 13.2 Å². The molecule has 0 bridgehead atoms. The molecular formula is C13H24O6. The highest BCUT2D eigenvalue weighted by atomic mass is 16.6. The van der Waals surface area contributed by atoms with Crippen molar-refractivity contribution in [3.8, 4) is 0 Å². The molecule has 0 saturated heterocycles. The highest BCUT2D eigenvalue weighted by Crippen LogP contribution is 1.82. The second kappa shape index (κ2) is 18.8. The van der Waals surface area contributed by atoms with Gasteiger partial charge in [-0.3, -0.25) is 0 Å². The van der Waals surface area contributed by atoms with Gasteiger partial charge in [-0.25, -0.2) is 4.79 Å². The molecule has 6 nitrogen and oxygen atoms in total.